The van der Waals surface area contributed by atoms with Gasteiger partial charge in [-0.15, -0.1) is 8.78 Å². The van der Waals surface area contributed by atoms with Crippen molar-refractivity contribution in [1.82, 2.24) is 5.43 Å². The van der Waals surface area contributed by atoms with E-state index in [1.807, 2.05) is 0 Å². The molecule has 1 aliphatic heterocycles. The fourth-order valence-electron chi connectivity index (χ4n) is 3.15. The first-order valence-corrected chi connectivity index (χ1v) is 11.2. The number of halogens is 2. The van der Waals surface area contributed by atoms with Crippen LogP contribution in [0.5, 0.6) is 11.5 Å². The summed E-state index contributed by atoms with van der Waals surface area (Å²) in [7, 11) is 1.44. The number of amides is 3. The van der Waals surface area contributed by atoms with Gasteiger partial charge in [0.2, 0.25) is 0 Å². The highest BCUT2D eigenvalue weighted by Gasteiger charge is 2.43. The SMILES string of the molecule is CN(C(=O)c1cccc(N(NC(=O)OC(C)(C)C)C(=O)OC(C)(C)C)c1)c1ccc2c(c1)OC(F)(F)O2. The number of nitrogens with zero attached hydrogens (tertiary/aromatic N) is 2. The highest BCUT2D eigenvalue weighted by molar-refractivity contribution is 6.07. The maximum absolute atomic E-state index is 13.4. The van der Waals surface area contributed by atoms with Crippen molar-refractivity contribution in [2.45, 2.75) is 59.0 Å². The van der Waals surface area contributed by atoms with E-state index in [1.165, 1.54) is 54.4 Å². The second-order valence-electron chi connectivity index (χ2n) is 10.1. The molecule has 2 aromatic carbocycles. The van der Waals surface area contributed by atoms with Crippen LogP contribution in [0.2, 0.25) is 0 Å². The minimum absolute atomic E-state index is 0.115. The highest BCUT2D eigenvalue weighted by atomic mass is 19.3. The van der Waals surface area contributed by atoms with Gasteiger partial charge in [0.1, 0.15) is 11.2 Å². The number of hydrazine groups is 1. The van der Waals surface area contributed by atoms with Crippen LogP contribution in [0.4, 0.5) is 29.7 Å². The Balaban J connectivity index is 1.88. The summed E-state index contributed by atoms with van der Waals surface area (Å²) in [6.07, 6.45) is -5.61. The summed E-state index contributed by atoms with van der Waals surface area (Å²) in [5.41, 5.74) is 1.13. The molecule has 0 spiro atoms. The van der Waals surface area contributed by atoms with Gasteiger partial charge in [-0.25, -0.2) is 15.0 Å². The summed E-state index contributed by atoms with van der Waals surface area (Å²) in [5.74, 6) is -0.903. The average Bonchev–Trinajstić information content (AvgIpc) is 3.07. The second-order valence-corrected chi connectivity index (χ2v) is 10.1. The highest BCUT2D eigenvalue weighted by Crippen LogP contribution is 2.42. The largest absolute Gasteiger partial charge is 0.586 e. The third-order valence-corrected chi connectivity index (χ3v) is 4.61. The molecule has 1 N–H and O–H groups in total. The van der Waals surface area contributed by atoms with E-state index in [9.17, 15) is 23.2 Å². The summed E-state index contributed by atoms with van der Waals surface area (Å²) in [6.45, 7) is 9.97. The van der Waals surface area contributed by atoms with Gasteiger partial charge in [0.15, 0.2) is 11.5 Å². The molecular formula is C25H29F2N3O7. The Morgan fingerprint density at radius 2 is 1.49 bits per heavy atom. The van der Waals surface area contributed by atoms with Gasteiger partial charge in [-0.3, -0.25) is 4.79 Å². The number of carbonyl (C=O) groups is 3. The normalized spacial score (nSPS) is 14.0. The van der Waals surface area contributed by atoms with Gasteiger partial charge in [-0.05, 0) is 71.9 Å². The smallest absolute Gasteiger partial charge is 0.443 e. The van der Waals surface area contributed by atoms with Gasteiger partial charge in [0.05, 0.1) is 5.69 Å². The van der Waals surface area contributed by atoms with Crippen LogP contribution >= 0.6 is 0 Å². The quantitative estimate of drug-likeness (QED) is 0.534. The molecule has 12 heteroatoms. The zero-order valence-electron chi connectivity index (χ0n) is 21.5. The molecular weight excluding hydrogens is 492 g/mol. The number of ether oxygens (including phenoxy) is 4. The van der Waals surface area contributed by atoms with Crippen molar-refractivity contribution in [3.8, 4) is 11.5 Å². The number of benzene rings is 2. The Morgan fingerprint density at radius 3 is 2.11 bits per heavy atom. The Kier molecular flexibility index (Phi) is 7.25. The van der Waals surface area contributed by atoms with Crippen molar-refractivity contribution < 1.29 is 42.1 Å². The molecule has 0 saturated heterocycles. The number of carbonyl (C=O) groups excluding carboxylic acids is 3. The zero-order chi connectivity index (χ0) is 27.8. The van der Waals surface area contributed by atoms with Crippen LogP contribution < -0.4 is 24.8 Å². The monoisotopic (exact) mass is 521 g/mol. The molecule has 10 nitrogen and oxygen atoms in total. The van der Waals surface area contributed by atoms with Crippen molar-refractivity contribution in [1.29, 1.82) is 0 Å². The van der Waals surface area contributed by atoms with E-state index < -0.39 is 35.6 Å². The van der Waals surface area contributed by atoms with Crippen molar-refractivity contribution in [2.75, 3.05) is 17.0 Å². The molecule has 0 aliphatic carbocycles. The lowest BCUT2D eigenvalue weighted by atomic mass is 10.1. The van der Waals surface area contributed by atoms with Gasteiger partial charge >= 0.3 is 18.5 Å². The van der Waals surface area contributed by atoms with Crippen molar-refractivity contribution >= 4 is 29.5 Å². The number of nitrogens with one attached hydrogen (secondary N) is 1. The molecule has 37 heavy (non-hydrogen) atoms. The van der Waals surface area contributed by atoms with Crippen LogP contribution in [0.3, 0.4) is 0 Å². The average molecular weight is 522 g/mol. The fourth-order valence-corrected chi connectivity index (χ4v) is 3.15. The maximum Gasteiger partial charge on any atom is 0.586 e. The summed E-state index contributed by atoms with van der Waals surface area (Å²) in [4.78, 5) is 39.8. The minimum Gasteiger partial charge on any atom is -0.443 e. The molecule has 0 radical (unpaired) electrons. The number of rotatable bonds is 3. The van der Waals surface area contributed by atoms with Crippen LogP contribution in [0.1, 0.15) is 51.9 Å². The predicted octanol–water partition coefficient (Wildman–Crippen LogP) is 5.47. The third kappa shape index (κ3) is 7.21. The van der Waals surface area contributed by atoms with Crippen molar-refractivity contribution in [3.63, 3.8) is 0 Å². The Labute approximate surface area is 213 Å². The molecule has 0 saturated carbocycles. The molecule has 0 aromatic heterocycles. The lowest BCUT2D eigenvalue weighted by Crippen LogP contribution is -2.50. The topological polar surface area (TPSA) is 107 Å². The molecule has 0 atom stereocenters. The molecule has 1 heterocycles. The van der Waals surface area contributed by atoms with Crippen molar-refractivity contribution in [2.24, 2.45) is 0 Å². The van der Waals surface area contributed by atoms with Gasteiger partial charge in [-0.2, -0.15) is 5.01 Å². The zero-order valence-corrected chi connectivity index (χ0v) is 21.5. The van der Waals surface area contributed by atoms with Crippen LogP contribution in [0, 0.1) is 0 Å². The van der Waals surface area contributed by atoms with Crippen molar-refractivity contribution in [3.05, 3.63) is 48.0 Å². The number of anilines is 2. The summed E-state index contributed by atoms with van der Waals surface area (Å²) >= 11 is 0. The molecule has 3 amide bonds. The molecule has 200 valence electrons. The van der Waals surface area contributed by atoms with Gasteiger partial charge in [0, 0.05) is 24.4 Å². The van der Waals surface area contributed by atoms with Crippen LogP contribution in [-0.2, 0) is 9.47 Å². The van der Waals surface area contributed by atoms with Gasteiger partial charge in [0.25, 0.3) is 5.91 Å². The van der Waals surface area contributed by atoms with E-state index in [4.69, 9.17) is 9.47 Å². The standard InChI is InChI=1S/C25H29F2N3O7/c1-23(2,3)36-21(32)28-30(22(33)37-24(4,5)6)17-10-8-9-15(13-17)20(31)29(7)16-11-12-18-19(14-16)35-25(26,27)34-18/h8-14H,1-7H3,(H,28,32). The predicted molar refractivity (Wildman–Crippen MR) is 130 cm³/mol. The fraction of sp³-hybridized carbons (Fsp3) is 0.400. The van der Waals surface area contributed by atoms with E-state index in [1.54, 1.807) is 41.5 Å². The van der Waals surface area contributed by atoms with Crippen LogP contribution in [0.15, 0.2) is 42.5 Å². The Hall–Kier alpha value is -4.09. The van der Waals surface area contributed by atoms with Gasteiger partial charge < -0.3 is 23.8 Å². The first kappa shape index (κ1) is 27.5. The summed E-state index contributed by atoms with van der Waals surface area (Å²) < 4.78 is 46.2. The summed E-state index contributed by atoms with van der Waals surface area (Å²) in [5, 5.41) is 0.832. The maximum atomic E-state index is 13.4. The van der Waals surface area contributed by atoms with E-state index in [0.29, 0.717) is 0 Å². The lowest BCUT2D eigenvalue weighted by Gasteiger charge is -2.29. The number of hydrogen-bond donors (Lipinski definition) is 1. The lowest BCUT2D eigenvalue weighted by molar-refractivity contribution is -0.286. The van der Waals surface area contributed by atoms with E-state index in [-0.39, 0.29) is 28.4 Å². The number of alkyl halides is 2. The van der Waals surface area contributed by atoms with Gasteiger partial charge in [-0.1, -0.05) is 6.07 Å². The molecule has 1 aliphatic rings. The Bertz CT molecular complexity index is 1210. The minimum atomic E-state index is -3.79. The van der Waals surface area contributed by atoms with E-state index >= 15 is 0 Å². The van der Waals surface area contributed by atoms with E-state index in [2.05, 4.69) is 14.9 Å². The molecule has 0 unspecified atom stereocenters. The first-order valence-electron chi connectivity index (χ1n) is 11.2. The van der Waals surface area contributed by atoms with E-state index in [0.717, 1.165) is 5.01 Å². The Morgan fingerprint density at radius 1 is 0.865 bits per heavy atom. The third-order valence-electron chi connectivity index (χ3n) is 4.61. The van der Waals surface area contributed by atoms with Crippen LogP contribution in [-0.4, -0.2) is 42.6 Å². The number of fused-ring (bicyclic) bond motifs is 1. The molecule has 0 bridgehead atoms. The first-order chi connectivity index (χ1) is 16.9. The number of hydrogen-bond acceptors (Lipinski definition) is 7. The summed E-state index contributed by atoms with van der Waals surface area (Å²) in [6, 6.07) is 9.77. The second kappa shape index (κ2) is 9.75. The van der Waals surface area contributed by atoms with Crippen LogP contribution in [0.25, 0.3) is 0 Å². The molecule has 3 rings (SSSR count). The molecule has 2 aromatic rings. The molecule has 0 fully saturated rings.